The molecule has 20 heavy (non-hydrogen) atoms. The van der Waals surface area contributed by atoms with Gasteiger partial charge in [-0.05, 0) is 36.6 Å². The average Bonchev–Trinajstić information content (AvgIpc) is 2.34. The number of fused-ring (bicyclic) bond motifs is 1. The molecule has 0 spiro atoms. The minimum Gasteiger partial charge on any atom is -0.478 e. The molecule has 0 bridgehead atoms. The fraction of sp³-hybridized carbons (Fsp3) is 0.357. The molecule has 6 heteroatoms. The zero-order valence-electron chi connectivity index (χ0n) is 10.9. The molecule has 108 valence electrons. The van der Waals surface area contributed by atoms with Gasteiger partial charge in [0.2, 0.25) is 6.10 Å². The second kappa shape index (κ2) is 4.85. The number of hydrogen-bond acceptors (Lipinski definition) is 2. The maximum Gasteiger partial charge on any atom is 0.430 e. The van der Waals surface area contributed by atoms with E-state index in [-0.39, 0.29) is 5.75 Å². The largest absolute Gasteiger partial charge is 0.478 e. The van der Waals surface area contributed by atoms with Crippen LogP contribution in [0.3, 0.4) is 0 Å². The number of carboxylic acids is 1. The minimum absolute atomic E-state index is 0.116. The molecule has 0 amide bonds. The Hall–Kier alpha value is -1.98. The van der Waals surface area contributed by atoms with Crippen molar-refractivity contribution in [2.24, 2.45) is 0 Å². The van der Waals surface area contributed by atoms with Crippen LogP contribution in [0.5, 0.6) is 5.75 Å². The lowest BCUT2D eigenvalue weighted by atomic mass is 9.96. The van der Waals surface area contributed by atoms with Gasteiger partial charge in [-0.1, -0.05) is 13.0 Å². The number of aliphatic carboxylic acids is 1. The molecule has 0 aliphatic carbocycles. The average molecular weight is 286 g/mol. The van der Waals surface area contributed by atoms with Crippen molar-refractivity contribution in [3.8, 4) is 5.75 Å². The highest BCUT2D eigenvalue weighted by Gasteiger charge is 2.48. The molecule has 0 saturated heterocycles. The van der Waals surface area contributed by atoms with Crippen molar-refractivity contribution in [1.82, 2.24) is 0 Å². The Morgan fingerprint density at radius 3 is 2.55 bits per heavy atom. The number of rotatable bonds is 2. The Morgan fingerprint density at radius 1 is 1.40 bits per heavy atom. The first kappa shape index (κ1) is 14.4. The molecule has 0 fully saturated rings. The van der Waals surface area contributed by atoms with E-state index < -0.39 is 23.8 Å². The van der Waals surface area contributed by atoms with Crippen molar-refractivity contribution < 1.29 is 27.8 Å². The van der Waals surface area contributed by atoms with Crippen LogP contribution in [-0.4, -0.2) is 23.4 Å². The van der Waals surface area contributed by atoms with E-state index in [9.17, 15) is 18.0 Å². The Balaban J connectivity index is 2.62. The zero-order valence-corrected chi connectivity index (χ0v) is 10.9. The SMILES string of the molecule is CCc1cc(C)cc2c1OC(C(F)(F)F)C(C(=O)O)=C2. The standard InChI is InChI=1S/C14H13F3O3/c1-3-8-4-7(2)5-9-6-10(13(18)19)12(14(15,16)17)20-11(8)9/h4-6,12H,3H2,1-2H3,(H,18,19). The van der Waals surface area contributed by atoms with Crippen LogP contribution >= 0.6 is 0 Å². The molecule has 1 aromatic rings. The lowest BCUT2D eigenvalue weighted by molar-refractivity contribution is -0.187. The summed E-state index contributed by atoms with van der Waals surface area (Å²) in [5, 5.41) is 8.95. The minimum atomic E-state index is -4.77. The first-order valence-corrected chi connectivity index (χ1v) is 6.05. The molecule has 1 atom stereocenters. The number of carbonyl (C=O) groups is 1. The number of carboxylic acid groups (broad SMARTS) is 1. The summed E-state index contributed by atoms with van der Waals surface area (Å²) >= 11 is 0. The van der Waals surface area contributed by atoms with E-state index in [0.29, 0.717) is 17.5 Å². The molecule has 1 heterocycles. The van der Waals surface area contributed by atoms with Crippen molar-refractivity contribution in [3.63, 3.8) is 0 Å². The highest BCUT2D eigenvalue weighted by Crippen LogP contribution is 2.39. The predicted octanol–water partition coefficient (Wildman–Crippen LogP) is 3.35. The van der Waals surface area contributed by atoms with Crippen molar-refractivity contribution in [3.05, 3.63) is 34.4 Å². The van der Waals surface area contributed by atoms with Crippen LogP contribution in [-0.2, 0) is 11.2 Å². The van der Waals surface area contributed by atoms with Crippen LogP contribution in [0.4, 0.5) is 13.2 Å². The van der Waals surface area contributed by atoms with Crippen molar-refractivity contribution in [2.75, 3.05) is 0 Å². The van der Waals surface area contributed by atoms with Crippen LogP contribution in [0.15, 0.2) is 17.7 Å². The third kappa shape index (κ3) is 2.50. The molecular weight excluding hydrogens is 273 g/mol. The van der Waals surface area contributed by atoms with E-state index >= 15 is 0 Å². The monoisotopic (exact) mass is 286 g/mol. The molecule has 0 radical (unpaired) electrons. The highest BCUT2D eigenvalue weighted by atomic mass is 19.4. The fourth-order valence-corrected chi connectivity index (χ4v) is 2.23. The Kier molecular flexibility index (Phi) is 3.50. The van der Waals surface area contributed by atoms with Crippen LogP contribution in [0.2, 0.25) is 0 Å². The summed E-state index contributed by atoms with van der Waals surface area (Å²) in [6.45, 7) is 3.60. The van der Waals surface area contributed by atoms with E-state index in [1.165, 1.54) is 0 Å². The summed E-state index contributed by atoms with van der Waals surface area (Å²) in [5.41, 5.74) is 1.06. The van der Waals surface area contributed by atoms with Gasteiger partial charge in [-0.15, -0.1) is 0 Å². The van der Waals surface area contributed by atoms with Gasteiger partial charge in [0.1, 0.15) is 5.75 Å². The van der Waals surface area contributed by atoms with E-state index in [2.05, 4.69) is 0 Å². The number of aryl methyl sites for hydroxylation is 2. The molecule has 3 nitrogen and oxygen atoms in total. The Morgan fingerprint density at radius 2 is 2.05 bits per heavy atom. The zero-order chi connectivity index (χ0) is 15.1. The van der Waals surface area contributed by atoms with Gasteiger partial charge < -0.3 is 9.84 Å². The topological polar surface area (TPSA) is 46.5 Å². The molecule has 0 saturated carbocycles. The maximum atomic E-state index is 12.9. The molecule has 1 aliphatic heterocycles. The molecule has 1 aliphatic rings. The number of alkyl halides is 3. The van der Waals surface area contributed by atoms with Gasteiger partial charge in [0.05, 0.1) is 5.57 Å². The first-order valence-electron chi connectivity index (χ1n) is 6.05. The van der Waals surface area contributed by atoms with Gasteiger partial charge in [-0.25, -0.2) is 4.79 Å². The summed E-state index contributed by atoms with van der Waals surface area (Å²) in [6.07, 6.45) is -5.64. The quantitative estimate of drug-likeness (QED) is 0.907. The third-order valence-corrected chi connectivity index (χ3v) is 3.09. The first-order chi connectivity index (χ1) is 9.24. The Bertz CT molecular complexity index is 588. The molecule has 2 rings (SSSR count). The van der Waals surface area contributed by atoms with E-state index in [0.717, 1.165) is 11.6 Å². The summed E-state index contributed by atoms with van der Waals surface area (Å²) in [5.74, 6) is -1.51. The molecule has 1 aromatic carbocycles. The van der Waals surface area contributed by atoms with Crippen molar-refractivity contribution in [2.45, 2.75) is 32.5 Å². The van der Waals surface area contributed by atoms with Gasteiger partial charge in [-0.2, -0.15) is 13.2 Å². The van der Waals surface area contributed by atoms with Crippen LogP contribution in [0, 0.1) is 6.92 Å². The second-order valence-corrected chi connectivity index (χ2v) is 4.64. The number of ether oxygens (including phenoxy) is 1. The number of benzene rings is 1. The van der Waals surface area contributed by atoms with Gasteiger partial charge in [-0.3, -0.25) is 0 Å². The summed E-state index contributed by atoms with van der Waals surface area (Å²) in [7, 11) is 0. The predicted molar refractivity (Wildman–Crippen MR) is 66.6 cm³/mol. The van der Waals surface area contributed by atoms with Crippen LogP contribution in [0.25, 0.3) is 6.08 Å². The summed E-state index contributed by atoms with van der Waals surface area (Å²) < 4.78 is 43.8. The molecule has 0 aromatic heterocycles. The third-order valence-electron chi connectivity index (χ3n) is 3.09. The molecule has 1 N–H and O–H groups in total. The van der Waals surface area contributed by atoms with E-state index in [1.807, 2.05) is 0 Å². The lowest BCUT2D eigenvalue weighted by Gasteiger charge is -2.28. The molecule has 1 unspecified atom stereocenters. The second-order valence-electron chi connectivity index (χ2n) is 4.64. The van der Waals surface area contributed by atoms with E-state index in [1.54, 1.807) is 26.0 Å². The smallest absolute Gasteiger partial charge is 0.430 e. The van der Waals surface area contributed by atoms with Crippen LogP contribution in [0.1, 0.15) is 23.6 Å². The van der Waals surface area contributed by atoms with Crippen molar-refractivity contribution in [1.29, 1.82) is 0 Å². The molecular formula is C14H13F3O3. The highest BCUT2D eigenvalue weighted by molar-refractivity contribution is 5.95. The number of hydrogen-bond donors (Lipinski definition) is 1. The summed E-state index contributed by atoms with van der Waals surface area (Å²) in [6, 6.07) is 3.36. The lowest BCUT2D eigenvalue weighted by Crippen LogP contribution is -2.40. The number of halogens is 3. The van der Waals surface area contributed by atoms with Gasteiger partial charge >= 0.3 is 12.1 Å². The van der Waals surface area contributed by atoms with Crippen molar-refractivity contribution >= 4 is 12.0 Å². The summed E-state index contributed by atoms with van der Waals surface area (Å²) in [4.78, 5) is 11.0. The van der Waals surface area contributed by atoms with Crippen LogP contribution < -0.4 is 4.74 Å². The Labute approximate surface area is 113 Å². The van der Waals surface area contributed by atoms with E-state index in [4.69, 9.17) is 9.84 Å². The van der Waals surface area contributed by atoms with Gasteiger partial charge in [0.15, 0.2) is 0 Å². The van der Waals surface area contributed by atoms with Gasteiger partial charge in [0.25, 0.3) is 0 Å². The fourth-order valence-electron chi connectivity index (χ4n) is 2.23. The van der Waals surface area contributed by atoms with Gasteiger partial charge in [0, 0.05) is 5.56 Å². The maximum absolute atomic E-state index is 12.9. The normalized spacial score (nSPS) is 18.1.